The molecule has 1 heterocycles. The van der Waals surface area contributed by atoms with Gasteiger partial charge in [0.25, 0.3) is 11.5 Å². The van der Waals surface area contributed by atoms with Crippen LogP contribution in [0.2, 0.25) is 0 Å². The molecular weight excluding hydrogens is 266 g/mol. The van der Waals surface area contributed by atoms with Crippen molar-refractivity contribution < 1.29 is 4.79 Å². The molecule has 1 aromatic carbocycles. The Bertz CT molecular complexity index is 703. The zero-order chi connectivity index (χ0) is 14.8. The molecule has 0 saturated carbocycles. The van der Waals surface area contributed by atoms with Crippen LogP contribution in [-0.4, -0.2) is 28.1 Å². The number of H-pyrrole nitrogens is 1. The van der Waals surface area contributed by atoms with Crippen LogP contribution in [0.25, 0.3) is 0 Å². The number of benzene rings is 1. The first-order valence-electron chi connectivity index (χ1n) is 7.07. The SMILES string of the molecule is CN(C(=O)c1ccc(=O)[nH]n1)C1CCCc2ccccc21. The molecule has 0 radical (unpaired) electrons. The van der Waals surface area contributed by atoms with E-state index in [9.17, 15) is 9.59 Å². The number of aromatic amines is 1. The van der Waals surface area contributed by atoms with E-state index in [4.69, 9.17) is 0 Å². The number of hydrogen-bond acceptors (Lipinski definition) is 3. The number of amides is 1. The van der Waals surface area contributed by atoms with E-state index in [0.29, 0.717) is 0 Å². The van der Waals surface area contributed by atoms with Gasteiger partial charge in [0.15, 0.2) is 0 Å². The number of nitrogens with one attached hydrogen (secondary N) is 1. The molecule has 5 heteroatoms. The molecule has 1 aliphatic carbocycles. The van der Waals surface area contributed by atoms with Crippen molar-refractivity contribution in [3.63, 3.8) is 0 Å². The molecule has 1 N–H and O–H groups in total. The molecule has 0 spiro atoms. The molecule has 1 unspecified atom stereocenters. The molecule has 3 rings (SSSR count). The number of aromatic nitrogens is 2. The third kappa shape index (κ3) is 2.59. The molecule has 1 atom stereocenters. The quantitative estimate of drug-likeness (QED) is 0.915. The number of rotatable bonds is 2. The monoisotopic (exact) mass is 283 g/mol. The average molecular weight is 283 g/mol. The van der Waals surface area contributed by atoms with Crippen molar-refractivity contribution in [3.05, 3.63) is 63.6 Å². The molecule has 1 amide bonds. The van der Waals surface area contributed by atoms with Crippen molar-refractivity contribution in [2.24, 2.45) is 0 Å². The molecule has 21 heavy (non-hydrogen) atoms. The molecule has 108 valence electrons. The van der Waals surface area contributed by atoms with Crippen LogP contribution in [-0.2, 0) is 6.42 Å². The van der Waals surface area contributed by atoms with Crippen molar-refractivity contribution in [1.29, 1.82) is 0 Å². The van der Waals surface area contributed by atoms with Crippen LogP contribution in [0.5, 0.6) is 0 Å². The molecule has 1 aliphatic rings. The van der Waals surface area contributed by atoms with Gasteiger partial charge in [0, 0.05) is 13.1 Å². The van der Waals surface area contributed by atoms with E-state index in [0.717, 1.165) is 19.3 Å². The van der Waals surface area contributed by atoms with Gasteiger partial charge >= 0.3 is 0 Å². The summed E-state index contributed by atoms with van der Waals surface area (Å²) in [5, 5.41) is 6.13. The molecule has 0 aliphatic heterocycles. The van der Waals surface area contributed by atoms with E-state index in [1.807, 2.05) is 12.1 Å². The third-order valence-corrected chi connectivity index (χ3v) is 4.02. The van der Waals surface area contributed by atoms with E-state index in [2.05, 4.69) is 22.3 Å². The van der Waals surface area contributed by atoms with Crippen LogP contribution < -0.4 is 5.56 Å². The van der Waals surface area contributed by atoms with Crippen molar-refractivity contribution in [2.45, 2.75) is 25.3 Å². The van der Waals surface area contributed by atoms with Crippen molar-refractivity contribution in [3.8, 4) is 0 Å². The van der Waals surface area contributed by atoms with E-state index in [-0.39, 0.29) is 23.2 Å². The second-order valence-electron chi connectivity index (χ2n) is 5.33. The Kier molecular flexibility index (Phi) is 3.56. The lowest BCUT2D eigenvalue weighted by molar-refractivity contribution is 0.0708. The smallest absolute Gasteiger partial charge is 0.274 e. The van der Waals surface area contributed by atoms with Gasteiger partial charge in [-0.15, -0.1) is 0 Å². The number of nitrogens with zero attached hydrogens (tertiary/aromatic N) is 2. The van der Waals surface area contributed by atoms with Gasteiger partial charge in [-0.3, -0.25) is 9.59 Å². The summed E-state index contributed by atoms with van der Waals surface area (Å²) in [4.78, 5) is 25.3. The van der Waals surface area contributed by atoms with Gasteiger partial charge in [-0.05, 0) is 36.5 Å². The zero-order valence-electron chi connectivity index (χ0n) is 11.9. The second-order valence-corrected chi connectivity index (χ2v) is 5.33. The zero-order valence-corrected chi connectivity index (χ0v) is 11.9. The summed E-state index contributed by atoms with van der Waals surface area (Å²) in [6, 6.07) is 11.1. The first kappa shape index (κ1) is 13.5. The molecular formula is C16H17N3O2. The van der Waals surface area contributed by atoms with Gasteiger partial charge in [-0.1, -0.05) is 24.3 Å². The van der Waals surface area contributed by atoms with Crippen molar-refractivity contribution in [1.82, 2.24) is 15.1 Å². The number of fused-ring (bicyclic) bond motifs is 1. The van der Waals surface area contributed by atoms with E-state index < -0.39 is 0 Å². The fourth-order valence-electron chi connectivity index (χ4n) is 2.92. The molecule has 0 fully saturated rings. The first-order chi connectivity index (χ1) is 10.2. The second kappa shape index (κ2) is 5.52. The Hall–Kier alpha value is -2.43. The number of aryl methyl sites for hydroxylation is 1. The highest BCUT2D eigenvalue weighted by atomic mass is 16.2. The normalized spacial score (nSPS) is 17.1. The molecule has 5 nitrogen and oxygen atoms in total. The maximum Gasteiger partial charge on any atom is 0.274 e. The molecule has 0 saturated heterocycles. The summed E-state index contributed by atoms with van der Waals surface area (Å²) in [7, 11) is 1.79. The number of hydrogen-bond donors (Lipinski definition) is 1. The standard InChI is InChI=1S/C16H17N3O2/c1-19(16(21)13-9-10-15(20)18-17-13)14-8-4-6-11-5-2-3-7-12(11)14/h2-3,5,7,9-10,14H,4,6,8H2,1H3,(H,18,20). The Labute approximate surface area is 122 Å². The minimum atomic E-state index is -0.308. The van der Waals surface area contributed by atoms with Crippen molar-refractivity contribution >= 4 is 5.91 Å². The highest BCUT2D eigenvalue weighted by Gasteiger charge is 2.27. The highest BCUT2D eigenvalue weighted by molar-refractivity contribution is 5.92. The van der Waals surface area contributed by atoms with Gasteiger partial charge in [0.05, 0.1) is 6.04 Å². The maximum absolute atomic E-state index is 12.5. The molecule has 0 bridgehead atoms. The minimum Gasteiger partial charge on any atom is -0.333 e. The Balaban J connectivity index is 1.89. The van der Waals surface area contributed by atoms with Gasteiger partial charge < -0.3 is 4.90 Å². The van der Waals surface area contributed by atoms with Crippen LogP contribution in [0, 0.1) is 0 Å². The Morgan fingerprint density at radius 3 is 2.86 bits per heavy atom. The minimum absolute atomic E-state index is 0.0659. The Morgan fingerprint density at radius 2 is 2.10 bits per heavy atom. The Morgan fingerprint density at radius 1 is 1.29 bits per heavy atom. The summed E-state index contributed by atoms with van der Waals surface area (Å²) in [5.41, 5.74) is 2.48. The highest BCUT2D eigenvalue weighted by Crippen LogP contribution is 2.33. The number of carbonyl (C=O) groups excluding carboxylic acids is 1. The lowest BCUT2D eigenvalue weighted by atomic mass is 9.87. The predicted octanol–water partition coefficient (Wildman–Crippen LogP) is 1.92. The number of carbonyl (C=O) groups is 1. The lowest BCUT2D eigenvalue weighted by Gasteiger charge is -2.33. The summed E-state index contributed by atoms with van der Waals surface area (Å²) < 4.78 is 0. The van der Waals surface area contributed by atoms with Gasteiger partial charge in [0.2, 0.25) is 0 Å². The maximum atomic E-state index is 12.5. The fraction of sp³-hybridized carbons (Fsp3) is 0.312. The summed E-state index contributed by atoms with van der Waals surface area (Å²) in [5.74, 6) is -0.173. The summed E-state index contributed by atoms with van der Waals surface area (Å²) in [6.07, 6.45) is 3.08. The lowest BCUT2D eigenvalue weighted by Crippen LogP contribution is -2.34. The predicted molar refractivity (Wildman–Crippen MR) is 79.1 cm³/mol. The third-order valence-electron chi connectivity index (χ3n) is 4.02. The van der Waals surface area contributed by atoms with Crippen LogP contribution in [0.4, 0.5) is 0 Å². The summed E-state index contributed by atoms with van der Waals surface area (Å²) in [6.45, 7) is 0. The van der Waals surface area contributed by atoms with E-state index >= 15 is 0 Å². The fourth-order valence-corrected chi connectivity index (χ4v) is 2.92. The van der Waals surface area contributed by atoms with Crippen molar-refractivity contribution in [2.75, 3.05) is 7.05 Å². The van der Waals surface area contributed by atoms with Gasteiger partial charge in [-0.25, -0.2) is 5.10 Å². The summed E-state index contributed by atoms with van der Waals surface area (Å²) >= 11 is 0. The van der Waals surface area contributed by atoms with Crippen LogP contribution in [0.1, 0.15) is 40.5 Å². The van der Waals surface area contributed by atoms with E-state index in [1.54, 1.807) is 11.9 Å². The van der Waals surface area contributed by atoms with Gasteiger partial charge in [0.1, 0.15) is 5.69 Å². The van der Waals surface area contributed by atoms with Crippen LogP contribution in [0.3, 0.4) is 0 Å². The molecule has 1 aromatic heterocycles. The largest absolute Gasteiger partial charge is 0.333 e. The molecule has 2 aromatic rings. The average Bonchev–Trinajstić information content (AvgIpc) is 2.53. The first-order valence-corrected chi connectivity index (χ1v) is 7.07. The van der Waals surface area contributed by atoms with Crippen LogP contribution in [0.15, 0.2) is 41.2 Å². The topological polar surface area (TPSA) is 66.1 Å². The van der Waals surface area contributed by atoms with Gasteiger partial charge in [-0.2, -0.15) is 5.10 Å². The van der Waals surface area contributed by atoms with E-state index in [1.165, 1.54) is 23.3 Å². The van der Waals surface area contributed by atoms with Crippen LogP contribution >= 0.6 is 0 Å².